The SMILES string of the molecule is C#C[C@H](CC1CCCCC1)NC(=O)N1CCOCC1. The fraction of sp³-hybridized carbons (Fsp3) is 0.800. The third-order valence-electron chi connectivity index (χ3n) is 4.09. The lowest BCUT2D eigenvalue weighted by atomic mass is 9.85. The molecule has 0 aromatic rings. The molecular formula is C15H24N2O2. The van der Waals surface area contributed by atoms with Crippen molar-refractivity contribution in [1.82, 2.24) is 10.2 Å². The Kier molecular flexibility index (Phi) is 5.53. The van der Waals surface area contributed by atoms with Crippen LogP contribution in [0.4, 0.5) is 4.79 Å². The average Bonchev–Trinajstić information content (AvgIpc) is 2.48. The molecule has 0 bridgehead atoms. The molecule has 0 aromatic heterocycles. The van der Waals surface area contributed by atoms with Crippen molar-refractivity contribution in [3.8, 4) is 12.3 Å². The van der Waals surface area contributed by atoms with Crippen molar-refractivity contribution < 1.29 is 9.53 Å². The van der Waals surface area contributed by atoms with Gasteiger partial charge in [0.15, 0.2) is 0 Å². The summed E-state index contributed by atoms with van der Waals surface area (Å²) in [4.78, 5) is 13.9. The maximum Gasteiger partial charge on any atom is 0.318 e. The predicted molar refractivity (Wildman–Crippen MR) is 74.7 cm³/mol. The van der Waals surface area contributed by atoms with Gasteiger partial charge in [-0.1, -0.05) is 38.0 Å². The van der Waals surface area contributed by atoms with Crippen LogP contribution < -0.4 is 5.32 Å². The molecule has 1 heterocycles. The van der Waals surface area contributed by atoms with Crippen LogP contribution in [0.1, 0.15) is 38.5 Å². The molecule has 1 aliphatic carbocycles. The smallest absolute Gasteiger partial charge is 0.318 e. The van der Waals surface area contributed by atoms with Gasteiger partial charge in [0.05, 0.1) is 19.3 Å². The number of terminal acetylenes is 1. The average molecular weight is 264 g/mol. The number of carbonyl (C=O) groups is 1. The summed E-state index contributed by atoms with van der Waals surface area (Å²) in [7, 11) is 0. The summed E-state index contributed by atoms with van der Waals surface area (Å²) >= 11 is 0. The van der Waals surface area contributed by atoms with E-state index in [1.807, 2.05) is 0 Å². The van der Waals surface area contributed by atoms with Gasteiger partial charge in [-0.15, -0.1) is 6.42 Å². The van der Waals surface area contributed by atoms with E-state index in [1.165, 1.54) is 32.1 Å². The summed E-state index contributed by atoms with van der Waals surface area (Å²) in [6.45, 7) is 2.56. The van der Waals surface area contributed by atoms with Crippen LogP contribution in [0, 0.1) is 18.3 Å². The summed E-state index contributed by atoms with van der Waals surface area (Å²) in [6.07, 6.45) is 12.9. The molecule has 0 aromatic carbocycles. The predicted octanol–water partition coefficient (Wildman–Crippen LogP) is 2.00. The van der Waals surface area contributed by atoms with E-state index in [0.29, 0.717) is 32.2 Å². The monoisotopic (exact) mass is 264 g/mol. The highest BCUT2D eigenvalue weighted by Crippen LogP contribution is 2.27. The second-order valence-electron chi connectivity index (χ2n) is 5.51. The summed E-state index contributed by atoms with van der Waals surface area (Å²) in [5, 5.41) is 2.98. The van der Waals surface area contributed by atoms with Crippen molar-refractivity contribution in [2.24, 2.45) is 5.92 Å². The highest BCUT2D eigenvalue weighted by Gasteiger charge is 2.22. The minimum Gasteiger partial charge on any atom is -0.378 e. The first kappa shape index (κ1) is 14.2. The number of carbonyl (C=O) groups excluding carboxylic acids is 1. The maximum absolute atomic E-state index is 12.1. The number of urea groups is 1. The first-order valence-electron chi connectivity index (χ1n) is 7.39. The van der Waals surface area contributed by atoms with Crippen molar-refractivity contribution in [3.63, 3.8) is 0 Å². The Balaban J connectivity index is 1.77. The number of hydrogen-bond acceptors (Lipinski definition) is 2. The minimum absolute atomic E-state index is 0.0398. The number of ether oxygens (including phenoxy) is 1. The quantitative estimate of drug-likeness (QED) is 0.792. The van der Waals surface area contributed by atoms with E-state index in [1.54, 1.807) is 4.90 Å². The molecule has 2 fully saturated rings. The van der Waals surface area contributed by atoms with Gasteiger partial charge in [-0.05, 0) is 12.3 Å². The topological polar surface area (TPSA) is 41.6 Å². The molecule has 1 N–H and O–H groups in total. The van der Waals surface area contributed by atoms with Crippen molar-refractivity contribution in [1.29, 1.82) is 0 Å². The highest BCUT2D eigenvalue weighted by atomic mass is 16.5. The van der Waals surface area contributed by atoms with Crippen LogP contribution in [0.25, 0.3) is 0 Å². The van der Waals surface area contributed by atoms with Crippen molar-refractivity contribution >= 4 is 6.03 Å². The Hall–Kier alpha value is -1.21. The first-order valence-corrected chi connectivity index (χ1v) is 7.39. The van der Waals surface area contributed by atoms with Gasteiger partial charge in [0.25, 0.3) is 0 Å². The zero-order valence-electron chi connectivity index (χ0n) is 11.6. The van der Waals surface area contributed by atoms with Gasteiger partial charge in [0.2, 0.25) is 0 Å². The van der Waals surface area contributed by atoms with Crippen molar-refractivity contribution in [3.05, 3.63) is 0 Å². The molecule has 4 nitrogen and oxygen atoms in total. The van der Waals surface area contributed by atoms with Crippen LogP contribution in [-0.2, 0) is 4.74 Å². The van der Waals surface area contributed by atoms with E-state index in [0.717, 1.165) is 6.42 Å². The second-order valence-corrected chi connectivity index (χ2v) is 5.51. The standard InChI is InChI=1S/C15H24N2O2/c1-2-14(12-13-6-4-3-5-7-13)16-15(18)17-8-10-19-11-9-17/h1,13-14H,3-12H2,(H,16,18)/t14-/m1/s1. The molecule has 1 saturated carbocycles. The Bertz CT molecular complexity index is 326. The van der Waals surface area contributed by atoms with Crippen LogP contribution in [0.2, 0.25) is 0 Å². The third-order valence-corrected chi connectivity index (χ3v) is 4.09. The fourth-order valence-electron chi connectivity index (χ4n) is 2.93. The lowest BCUT2D eigenvalue weighted by Gasteiger charge is -2.29. The summed E-state index contributed by atoms with van der Waals surface area (Å²) in [5.41, 5.74) is 0. The molecule has 1 saturated heterocycles. The second kappa shape index (κ2) is 7.40. The number of amides is 2. The van der Waals surface area contributed by atoms with Crippen LogP contribution in [0.5, 0.6) is 0 Å². The zero-order valence-corrected chi connectivity index (χ0v) is 11.6. The Morgan fingerprint density at radius 3 is 2.63 bits per heavy atom. The van der Waals surface area contributed by atoms with Gasteiger partial charge in [0.1, 0.15) is 0 Å². The largest absolute Gasteiger partial charge is 0.378 e. The van der Waals surface area contributed by atoms with Gasteiger partial charge in [-0.25, -0.2) is 4.79 Å². The summed E-state index contributed by atoms with van der Waals surface area (Å²) in [6, 6.07) is -0.166. The van der Waals surface area contributed by atoms with Crippen LogP contribution in [0.3, 0.4) is 0 Å². The lowest BCUT2D eigenvalue weighted by Crippen LogP contribution is -2.49. The van der Waals surface area contributed by atoms with Gasteiger partial charge in [-0.2, -0.15) is 0 Å². The molecule has 2 aliphatic rings. The molecule has 0 spiro atoms. The molecule has 19 heavy (non-hydrogen) atoms. The first-order chi connectivity index (χ1) is 9.29. The fourth-order valence-corrected chi connectivity index (χ4v) is 2.93. The highest BCUT2D eigenvalue weighted by molar-refractivity contribution is 5.75. The van der Waals surface area contributed by atoms with E-state index in [4.69, 9.17) is 11.2 Å². The maximum atomic E-state index is 12.1. The Morgan fingerprint density at radius 2 is 2.00 bits per heavy atom. The number of nitrogens with zero attached hydrogens (tertiary/aromatic N) is 1. The Morgan fingerprint density at radius 1 is 1.32 bits per heavy atom. The number of nitrogens with one attached hydrogen (secondary N) is 1. The number of morpholine rings is 1. The summed E-state index contributed by atoms with van der Waals surface area (Å²) < 4.78 is 5.24. The Labute approximate surface area is 115 Å². The van der Waals surface area contributed by atoms with E-state index in [-0.39, 0.29) is 12.1 Å². The lowest BCUT2D eigenvalue weighted by molar-refractivity contribution is 0.0527. The molecule has 106 valence electrons. The number of rotatable bonds is 3. The molecule has 0 unspecified atom stereocenters. The third kappa shape index (κ3) is 4.43. The van der Waals surface area contributed by atoms with Gasteiger partial charge in [0, 0.05) is 13.1 Å². The van der Waals surface area contributed by atoms with E-state index >= 15 is 0 Å². The molecule has 1 aliphatic heterocycles. The summed E-state index contributed by atoms with van der Waals surface area (Å²) in [5.74, 6) is 3.41. The molecule has 2 amide bonds. The van der Waals surface area contributed by atoms with E-state index < -0.39 is 0 Å². The van der Waals surface area contributed by atoms with E-state index in [9.17, 15) is 4.79 Å². The molecular weight excluding hydrogens is 240 g/mol. The van der Waals surface area contributed by atoms with Gasteiger partial charge >= 0.3 is 6.03 Å². The van der Waals surface area contributed by atoms with Crippen LogP contribution >= 0.6 is 0 Å². The molecule has 4 heteroatoms. The van der Waals surface area contributed by atoms with E-state index in [2.05, 4.69) is 11.2 Å². The van der Waals surface area contributed by atoms with Crippen LogP contribution in [0.15, 0.2) is 0 Å². The molecule has 0 radical (unpaired) electrons. The van der Waals surface area contributed by atoms with Gasteiger partial charge in [-0.3, -0.25) is 0 Å². The zero-order chi connectivity index (χ0) is 13.5. The normalized spacial score (nSPS) is 22.6. The molecule has 1 atom stereocenters. The number of hydrogen-bond donors (Lipinski definition) is 1. The van der Waals surface area contributed by atoms with Crippen molar-refractivity contribution in [2.75, 3.05) is 26.3 Å². The van der Waals surface area contributed by atoms with Crippen LogP contribution in [-0.4, -0.2) is 43.3 Å². The van der Waals surface area contributed by atoms with Crippen molar-refractivity contribution in [2.45, 2.75) is 44.6 Å². The van der Waals surface area contributed by atoms with Gasteiger partial charge < -0.3 is 15.0 Å². The molecule has 2 rings (SSSR count). The minimum atomic E-state index is -0.126.